The molecule has 3 heterocycles. The maximum absolute atomic E-state index is 12.1. The molecule has 1 aromatic carbocycles. The van der Waals surface area contributed by atoms with Gasteiger partial charge in [-0.3, -0.25) is 4.79 Å². The van der Waals surface area contributed by atoms with Crippen LogP contribution in [0.25, 0.3) is 0 Å². The molecule has 2 aliphatic rings. The van der Waals surface area contributed by atoms with E-state index >= 15 is 0 Å². The van der Waals surface area contributed by atoms with Crippen molar-refractivity contribution < 1.29 is 9.53 Å². The Hall–Kier alpha value is -3.42. The van der Waals surface area contributed by atoms with Gasteiger partial charge >= 0.3 is 0 Å². The second-order valence-electron chi connectivity index (χ2n) is 9.25. The molecule has 2 saturated heterocycles. The number of likely N-dealkylation sites (N-methyl/N-ethyl adjacent to an activating group) is 1. The molecule has 0 atom stereocenters. The van der Waals surface area contributed by atoms with Gasteiger partial charge in [-0.15, -0.1) is 0 Å². The van der Waals surface area contributed by atoms with Crippen LogP contribution in [0.15, 0.2) is 24.4 Å². The maximum atomic E-state index is 12.1. The monoisotopic (exact) mass is 492 g/mol. The number of nitrogens with zero attached hydrogens (tertiary/aromatic N) is 6. The number of nitrogens with one attached hydrogen (secondary N) is 2. The topological polar surface area (TPSA) is 110 Å². The summed E-state index contributed by atoms with van der Waals surface area (Å²) in [5.41, 5.74) is 3.79. The molecule has 192 valence electrons. The Morgan fingerprint density at radius 2 is 2.03 bits per heavy atom. The lowest BCUT2D eigenvalue weighted by Crippen LogP contribution is -2.44. The predicted molar refractivity (Wildman–Crippen MR) is 141 cm³/mol. The molecule has 0 bridgehead atoms. The van der Waals surface area contributed by atoms with Gasteiger partial charge in [0.2, 0.25) is 11.9 Å². The number of ether oxygens (including phenoxy) is 1. The van der Waals surface area contributed by atoms with Crippen molar-refractivity contribution in [2.24, 2.45) is 0 Å². The van der Waals surface area contributed by atoms with Crippen LogP contribution in [0.4, 0.5) is 23.1 Å². The van der Waals surface area contributed by atoms with Crippen molar-refractivity contribution in [1.29, 1.82) is 5.26 Å². The molecule has 1 aromatic heterocycles. The fourth-order valence-corrected chi connectivity index (χ4v) is 4.48. The van der Waals surface area contributed by atoms with Crippen molar-refractivity contribution >= 4 is 29.0 Å². The largest absolute Gasteiger partial charge is 0.372 e. The highest BCUT2D eigenvalue weighted by atomic mass is 16.5. The van der Waals surface area contributed by atoms with Crippen LogP contribution in [0.3, 0.4) is 0 Å². The standard InChI is InChI=1S/C26H36N8O2/c1-3-20-16-22(33-13-11-32(2)12-14-33)6-7-23(20)30-26-29-18-21(17-27)25(31-26)28-8-4-9-34-10-5-15-36-19-24(34)35/h6-7,16,18H,3-5,8-15,19H2,1-2H3,(H2,28,29,30,31). The average Bonchev–Trinajstić information content (AvgIpc) is 3.11. The third-order valence-corrected chi connectivity index (χ3v) is 6.69. The first-order valence-corrected chi connectivity index (χ1v) is 12.8. The van der Waals surface area contributed by atoms with Gasteiger partial charge in [0.05, 0.1) is 6.20 Å². The van der Waals surface area contributed by atoms with Gasteiger partial charge in [-0.2, -0.15) is 10.2 Å². The maximum Gasteiger partial charge on any atom is 0.248 e. The van der Waals surface area contributed by atoms with Crippen LogP contribution in [0.2, 0.25) is 0 Å². The van der Waals surface area contributed by atoms with Gasteiger partial charge in [-0.1, -0.05) is 6.92 Å². The molecule has 1 amide bonds. The summed E-state index contributed by atoms with van der Waals surface area (Å²) in [4.78, 5) is 27.6. The molecule has 2 aromatic rings. The van der Waals surface area contributed by atoms with Crippen LogP contribution in [-0.4, -0.2) is 91.7 Å². The van der Waals surface area contributed by atoms with Crippen molar-refractivity contribution in [3.05, 3.63) is 35.5 Å². The van der Waals surface area contributed by atoms with Crippen LogP contribution >= 0.6 is 0 Å². The van der Waals surface area contributed by atoms with E-state index in [4.69, 9.17) is 4.74 Å². The number of piperazine rings is 1. The SMILES string of the molecule is CCc1cc(N2CCN(C)CC2)ccc1Nc1ncc(C#N)c(NCCCN2CCCOCC2=O)n1. The number of hydrogen-bond acceptors (Lipinski definition) is 9. The second-order valence-corrected chi connectivity index (χ2v) is 9.25. The highest BCUT2D eigenvalue weighted by Crippen LogP contribution is 2.27. The van der Waals surface area contributed by atoms with E-state index in [9.17, 15) is 10.1 Å². The Labute approximate surface area is 213 Å². The highest BCUT2D eigenvalue weighted by Gasteiger charge is 2.17. The zero-order valence-corrected chi connectivity index (χ0v) is 21.3. The fourth-order valence-electron chi connectivity index (χ4n) is 4.48. The summed E-state index contributed by atoms with van der Waals surface area (Å²) in [6.07, 6.45) is 4.02. The van der Waals surface area contributed by atoms with Gasteiger partial charge in [0, 0.05) is 63.8 Å². The predicted octanol–water partition coefficient (Wildman–Crippen LogP) is 2.46. The molecule has 2 N–H and O–H groups in total. The van der Waals surface area contributed by atoms with E-state index in [1.54, 1.807) is 0 Å². The van der Waals surface area contributed by atoms with Crippen LogP contribution in [0.5, 0.6) is 0 Å². The molecule has 0 spiro atoms. The first-order valence-electron chi connectivity index (χ1n) is 12.8. The van der Waals surface area contributed by atoms with Gasteiger partial charge in [-0.05, 0) is 50.1 Å². The van der Waals surface area contributed by atoms with E-state index in [0.717, 1.165) is 57.7 Å². The van der Waals surface area contributed by atoms with Gasteiger partial charge < -0.3 is 30.1 Å². The molecule has 2 aliphatic heterocycles. The minimum absolute atomic E-state index is 0.0316. The normalized spacial score (nSPS) is 17.0. The average molecular weight is 493 g/mol. The van der Waals surface area contributed by atoms with E-state index in [0.29, 0.717) is 37.0 Å². The van der Waals surface area contributed by atoms with E-state index in [-0.39, 0.29) is 12.5 Å². The second kappa shape index (κ2) is 12.5. The number of rotatable bonds is 9. The number of hydrogen-bond donors (Lipinski definition) is 2. The van der Waals surface area contributed by atoms with Crippen molar-refractivity contribution in [2.45, 2.75) is 26.2 Å². The summed E-state index contributed by atoms with van der Waals surface area (Å²) in [7, 11) is 2.16. The third kappa shape index (κ3) is 6.62. The highest BCUT2D eigenvalue weighted by molar-refractivity contribution is 5.77. The first kappa shape index (κ1) is 25.7. The number of aryl methyl sites for hydroxylation is 1. The molecule has 36 heavy (non-hydrogen) atoms. The molecule has 4 rings (SSSR count). The Kier molecular flexibility index (Phi) is 8.92. The first-order chi connectivity index (χ1) is 17.6. The van der Waals surface area contributed by atoms with E-state index in [1.807, 2.05) is 4.90 Å². The molecular formula is C26H36N8O2. The number of amides is 1. The van der Waals surface area contributed by atoms with E-state index in [2.05, 4.69) is 68.6 Å². The molecule has 2 fully saturated rings. The molecular weight excluding hydrogens is 456 g/mol. The van der Waals surface area contributed by atoms with Gasteiger partial charge in [0.1, 0.15) is 24.1 Å². The van der Waals surface area contributed by atoms with Crippen LogP contribution in [-0.2, 0) is 16.0 Å². The van der Waals surface area contributed by atoms with E-state index in [1.165, 1.54) is 17.4 Å². The number of aromatic nitrogens is 2. The Morgan fingerprint density at radius 3 is 2.81 bits per heavy atom. The third-order valence-electron chi connectivity index (χ3n) is 6.69. The van der Waals surface area contributed by atoms with Crippen LogP contribution in [0, 0.1) is 11.3 Å². The lowest BCUT2D eigenvalue weighted by atomic mass is 10.1. The van der Waals surface area contributed by atoms with Crippen molar-refractivity contribution in [1.82, 2.24) is 19.8 Å². The minimum Gasteiger partial charge on any atom is -0.372 e. The molecule has 0 unspecified atom stereocenters. The van der Waals surface area contributed by atoms with Crippen LogP contribution in [0.1, 0.15) is 30.9 Å². The Balaban J connectivity index is 1.38. The quantitative estimate of drug-likeness (QED) is 0.510. The van der Waals surface area contributed by atoms with Crippen molar-refractivity contribution in [3.8, 4) is 6.07 Å². The number of anilines is 4. The van der Waals surface area contributed by atoms with Gasteiger partial charge in [0.15, 0.2) is 0 Å². The van der Waals surface area contributed by atoms with Crippen molar-refractivity contribution in [3.63, 3.8) is 0 Å². The van der Waals surface area contributed by atoms with E-state index < -0.39 is 0 Å². The van der Waals surface area contributed by atoms with Crippen molar-refractivity contribution in [2.75, 3.05) is 81.6 Å². The number of carbonyl (C=O) groups excluding carboxylic acids is 1. The number of benzene rings is 1. The summed E-state index contributed by atoms with van der Waals surface area (Å²) in [5.74, 6) is 0.968. The molecule has 0 aliphatic carbocycles. The lowest BCUT2D eigenvalue weighted by Gasteiger charge is -2.34. The fraction of sp³-hybridized carbons (Fsp3) is 0.538. The summed E-state index contributed by atoms with van der Waals surface area (Å²) in [6, 6.07) is 8.63. The van der Waals surface area contributed by atoms with Gasteiger partial charge in [0.25, 0.3) is 0 Å². The molecule has 0 radical (unpaired) electrons. The lowest BCUT2D eigenvalue weighted by molar-refractivity contribution is -0.133. The summed E-state index contributed by atoms with van der Waals surface area (Å²) >= 11 is 0. The minimum atomic E-state index is 0.0316. The summed E-state index contributed by atoms with van der Waals surface area (Å²) < 4.78 is 5.29. The number of carbonyl (C=O) groups is 1. The summed E-state index contributed by atoms with van der Waals surface area (Å²) in [6.45, 7) is 9.07. The molecule has 0 saturated carbocycles. The zero-order chi connectivity index (χ0) is 25.3. The Morgan fingerprint density at radius 1 is 1.19 bits per heavy atom. The molecule has 10 heteroatoms. The zero-order valence-electron chi connectivity index (χ0n) is 21.3. The number of nitriles is 1. The summed E-state index contributed by atoms with van der Waals surface area (Å²) in [5, 5.41) is 16.1. The Bertz CT molecular complexity index is 1080. The van der Waals surface area contributed by atoms with Gasteiger partial charge in [-0.25, -0.2) is 4.98 Å². The smallest absolute Gasteiger partial charge is 0.248 e. The molecule has 10 nitrogen and oxygen atoms in total. The van der Waals surface area contributed by atoms with Crippen LogP contribution < -0.4 is 15.5 Å².